The van der Waals surface area contributed by atoms with E-state index in [1.165, 1.54) is 53.2 Å². The summed E-state index contributed by atoms with van der Waals surface area (Å²) in [6, 6.07) is 56.9. The van der Waals surface area contributed by atoms with Crippen LogP contribution >= 0.6 is 11.3 Å². The molecule has 1 saturated heterocycles. The third-order valence-corrected chi connectivity index (χ3v) is 11.8. The summed E-state index contributed by atoms with van der Waals surface area (Å²) in [6.07, 6.45) is 0. The number of nitrogens with zero attached hydrogens (tertiary/aromatic N) is 1. The Morgan fingerprint density at radius 3 is 1.51 bits per heavy atom. The lowest BCUT2D eigenvalue weighted by molar-refractivity contribution is 0.00578. The van der Waals surface area contributed by atoms with Crippen LogP contribution < -0.4 is 10.4 Å². The van der Waals surface area contributed by atoms with Crippen molar-refractivity contribution in [3.8, 4) is 22.3 Å². The number of hydrogen-bond donors (Lipinski definition) is 0. The molecule has 5 heteroatoms. The first-order chi connectivity index (χ1) is 24.8. The highest BCUT2D eigenvalue weighted by molar-refractivity contribution is 7.26. The van der Waals surface area contributed by atoms with Gasteiger partial charge < -0.3 is 14.2 Å². The Morgan fingerprint density at radius 2 is 0.961 bits per heavy atom. The van der Waals surface area contributed by atoms with Gasteiger partial charge in [-0.15, -0.1) is 11.3 Å². The van der Waals surface area contributed by atoms with E-state index < -0.39 is 7.12 Å². The van der Waals surface area contributed by atoms with Crippen LogP contribution in [0.2, 0.25) is 0 Å². The monoisotopic (exact) mass is 679 g/mol. The van der Waals surface area contributed by atoms with Gasteiger partial charge in [-0.25, -0.2) is 0 Å². The van der Waals surface area contributed by atoms with Gasteiger partial charge in [-0.05, 0) is 97.2 Å². The molecule has 1 fully saturated rings. The van der Waals surface area contributed by atoms with Crippen LogP contribution in [0.5, 0.6) is 0 Å². The van der Waals surface area contributed by atoms with Gasteiger partial charge in [-0.3, -0.25) is 0 Å². The van der Waals surface area contributed by atoms with Gasteiger partial charge in [0.15, 0.2) is 0 Å². The van der Waals surface area contributed by atoms with Crippen LogP contribution in [0, 0.1) is 0 Å². The first-order valence-electron chi connectivity index (χ1n) is 17.6. The molecule has 9 rings (SSSR count). The van der Waals surface area contributed by atoms with Gasteiger partial charge in [-0.1, -0.05) is 121 Å². The van der Waals surface area contributed by atoms with E-state index in [4.69, 9.17) is 9.31 Å². The lowest BCUT2D eigenvalue weighted by Crippen LogP contribution is -2.41. The standard InChI is InChI=1S/C46H38BNO2S/c1-45(2)46(3,4)50-47(49-45)35-23-28-40-42(29-35)51-43-30-41(38-17-11-12-18-39(38)44(40)43)48(36-24-19-33(20-25-36)31-13-7-5-8-14-31)37-26-21-34(22-27-37)32-15-9-6-10-16-32/h5-30H,1-4H3. The Labute approximate surface area is 303 Å². The molecule has 0 bridgehead atoms. The summed E-state index contributed by atoms with van der Waals surface area (Å²) in [7, 11) is -0.398. The van der Waals surface area contributed by atoms with Gasteiger partial charge in [0, 0.05) is 36.9 Å². The van der Waals surface area contributed by atoms with Crippen molar-refractivity contribution < 1.29 is 9.31 Å². The van der Waals surface area contributed by atoms with Crippen LogP contribution in [-0.2, 0) is 9.31 Å². The van der Waals surface area contributed by atoms with Gasteiger partial charge in [0.1, 0.15) is 0 Å². The van der Waals surface area contributed by atoms with Crippen molar-refractivity contribution in [3.63, 3.8) is 0 Å². The highest BCUT2D eigenvalue weighted by atomic mass is 32.1. The summed E-state index contributed by atoms with van der Waals surface area (Å²) in [4.78, 5) is 2.41. The molecule has 2 heterocycles. The fourth-order valence-electron chi connectivity index (χ4n) is 7.24. The minimum atomic E-state index is -0.398. The second kappa shape index (κ2) is 12.2. The number of benzene rings is 7. The van der Waals surface area contributed by atoms with Gasteiger partial charge in [0.25, 0.3) is 0 Å². The largest absolute Gasteiger partial charge is 0.494 e. The van der Waals surface area contributed by atoms with E-state index in [0.29, 0.717) is 0 Å². The molecular formula is C46H38BNO2S. The van der Waals surface area contributed by atoms with E-state index in [0.717, 1.165) is 22.5 Å². The first kappa shape index (κ1) is 31.8. The summed E-state index contributed by atoms with van der Waals surface area (Å²) in [6.45, 7) is 8.42. The number of fused-ring (bicyclic) bond motifs is 5. The van der Waals surface area contributed by atoms with Crippen molar-refractivity contribution in [1.82, 2.24) is 0 Å². The minimum Gasteiger partial charge on any atom is -0.399 e. The number of rotatable bonds is 6. The van der Waals surface area contributed by atoms with E-state index >= 15 is 0 Å². The van der Waals surface area contributed by atoms with E-state index in [9.17, 15) is 0 Å². The molecule has 1 aliphatic heterocycles. The molecule has 0 saturated carbocycles. The number of thiophene rings is 1. The van der Waals surface area contributed by atoms with Crippen LogP contribution in [0.25, 0.3) is 53.2 Å². The fraction of sp³-hybridized carbons (Fsp3) is 0.130. The highest BCUT2D eigenvalue weighted by Crippen LogP contribution is 2.47. The molecule has 0 unspecified atom stereocenters. The molecule has 0 amide bonds. The SMILES string of the molecule is CC1(C)OB(c2ccc3c(c2)sc2cc(N(c4ccc(-c5ccccc5)cc4)c4ccc(-c5ccccc5)cc4)c4ccccc4c23)OC1(C)C. The molecule has 7 aromatic carbocycles. The summed E-state index contributed by atoms with van der Waals surface area (Å²) < 4.78 is 15.4. The molecule has 248 valence electrons. The summed E-state index contributed by atoms with van der Waals surface area (Å²) in [5, 5.41) is 4.99. The minimum absolute atomic E-state index is 0.389. The van der Waals surface area contributed by atoms with E-state index in [-0.39, 0.29) is 11.2 Å². The average molecular weight is 680 g/mol. The number of hydrogen-bond acceptors (Lipinski definition) is 4. The maximum Gasteiger partial charge on any atom is 0.494 e. The van der Waals surface area contributed by atoms with E-state index in [2.05, 4.69) is 190 Å². The molecule has 51 heavy (non-hydrogen) atoms. The normalized spacial score (nSPS) is 15.2. The van der Waals surface area contributed by atoms with Crippen LogP contribution in [0.1, 0.15) is 27.7 Å². The van der Waals surface area contributed by atoms with Gasteiger partial charge in [-0.2, -0.15) is 0 Å². The Kier molecular flexibility index (Phi) is 7.62. The third-order valence-electron chi connectivity index (χ3n) is 10.7. The number of anilines is 3. The maximum atomic E-state index is 6.44. The zero-order valence-electron chi connectivity index (χ0n) is 29.3. The molecule has 8 aromatic rings. The highest BCUT2D eigenvalue weighted by Gasteiger charge is 2.51. The quantitative estimate of drug-likeness (QED) is 0.163. The van der Waals surface area contributed by atoms with Crippen molar-refractivity contribution in [2.45, 2.75) is 38.9 Å². The molecule has 0 aliphatic carbocycles. The van der Waals surface area contributed by atoms with Gasteiger partial charge in [0.05, 0.1) is 16.9 Å². The molecular weight excluding hydrogens is 641 g/mol. The Bertz CT molecular complexity index is 2430. The Hall–Kier alpha value is -5.20. The van der Waals surface area contributed by atoms with Crippen LogP contribution in [0.4, 0.5) is 17.1 Å². The predicted octanol–water partition coefficient (Wildman–Crippen LogP) is 12.3. The van der Waals surface area contributed by atoms with Crippen molar-refractivity contribution in [3.05, 3.63) is 158 Å². The van der Waals surface area contributed by atoms with Gasteiger partial charge >= 0.3 is 7.12 Å². The molecule has 0 spiro atoms. The zero-order valence-corrected chi connectivity index (χ0v) is 30.1. The maximum absolute atomic E-state index is 6.44. The molecule has 1 aliphatic rings. The summed E-state index contributed by atoms with van der Waals surface area (Å²) in [5.74, 6) is 0. The average Bonchev–Trinajstić information content (AvgIpc) is 3.64. The Balaban J connectivity index is 1.21. The first-order valence-corrected chi connectivity index (χ1v) is 18.4. The molecule has 1 aromatic heterocycles. The molecule has 0 atom stereocenters. The van der Waals surface area contributed by atoms with Crippen molar-refractivity contribution in [2.24, 2.45) is 0 Å². The topological polar surface area (TPSA) is 21.7 Å². The van der Waals surface area contributed by atoms with Crippen LogP contribution in [-0.4, -0.2) is 18.3 Å². The summed E-state index contributed by atoms with van der Waals surface area (Å²) >= 11 is 1.83. The van der Waals surface area contributed by atoms with Gasteiger partial charge in [0.2, 0.25) is 0 Å². The summed E-state index contributed by atoms with van der Waals surface area (Å²) in [5.41, 5.74) is 8.44. The second-order valence-corrected chi connectivity index (χ2v) is 15.5. The van der Waals surface area contributed by atoms with E-state index in [1.54, 1.807) is 0 Å². The third kappa shape index (κ3) is 5.53. The molecule has 0 radical (unpaired) electrons. The van der Waals surface area contributed by atoms with Crippen LogP contribution in [0.15, 0.2) is 158 Å². The molecule has 3 nitrogen and oxygen atoms in total. The smallest absolute Gasteiger partial charge is 0.399 e. The fourth-order valence-corrected chi connectivity index (χ4v) is 8.45. The lowest BCUT2D eigenvalue weighted by Gasteiger charge is -2.32. The predicted molar refractivity (Wildman–Crippen MR) is 218 cm³/mol. The van der Waals surface area contributed by atoms with Crippen molar-refractivity contribution in [2.75, 3.05) is 4.90 Å². The van der Waals surface area contributed by atoms with Crippen molar-refractivity contribution in [1.29, 1.82) is 0 Å². The van der Waals surface area contributed by atoms with Crippen LogP contribution in [0.3, 0.4) is 0 Å². The Morgan fingerprint density at radius 1 is 0.471 bits per heavy atom. The molecule has 0 N–H and O–H groups in total. The van der Waals surface area contributed by atoms with E-state index in [1.807, 2.05) is 11.3 Å². The second-order valence-electron chi connectivity index (χ2n) is 14.4. The van der Waals surface area contributed by atoms with Crippen molar-refractivity contribution >= 4 is 71.9 Å². The lowest BCUT2D eigenvalue weighted by atomic mass is 9.79. The zero-order chi connectivity index (χ0) is 34.7.